The number of benzene rings is 1. The van der Waals surface area contributed by atoms with E-state index in [4.69, 9.17) is 0 Å². The first kappa shape index (κ1) is 12.0. The first-order valence-electron chi connectivity index (χ1n) is 5.59. The fourth-order valence-corrected chi connectivity index (χ4v) is 1.51. The zero-order valence-corrected chi connectivity index (χ0v) is 9.81. The van der Waals surface area contributed by atoms with Gasteiger partial charge in [0.2, 0.25) is 0 Å². The molecule has 0 aromatic heterocycles. The van der Waals surface area contributed by atoms with Gasteiger partial charge in [0.15, 0.2) is 0 Å². The van der Waals surface area contributed by atoms with Crippen LogP contribution in [0.15, 0.2) is 18.2 Å². The third-order valence-corrected chi connectivity index (χ3v) is 2.40. The molecule has 0 atom stereocenters. The lowest BCUT2D eigenvalue weighted by Gasteiger charge is -2.09. The van der Waals surface area contributed by atoms with Crippen molar-refractivity contribution >= 4 is 5.69 Å². The molecule has 0 saturated carbocycles. The van der Waals surface area contributed by atoms with E-state index in [1.807, 2.05) is 13.0 Å². The molecule has 84 valence electrons. The largest absolute Gasteiger partial charge is 0.383 e. The minimum Gasteiger partial charge on any atom is -0.383 e. The van der Waals surface area contributed by atoms with Crippen LogP contribution in [0.5, 0.6) is 0 Å². The molecule has 15 heavy (non-hydrogen) atoms. The lowest BCUT2D eigenvalue weighted by molar-refractivity contribution is 0.565. The number of nitrogens with one attached hydrogen (secondary N) is 1. The molecule has 1 aromatic rings. The number of halogens is 1. The standard InChI is InChI=1S/C13H20FN/c1-10(2)5-4-8-15-13-9-11(3)6-7-12(13)14/h6-7,9-10,15H,4-5,8H2,1-3H3. The van der Waals surface area contributed by atoms with Gasteiger partial charge in [-0.25, -0.2) is 4.39 Å². The first-order chi connectivity index (χ1) is 7.09. The number of anilines is 1. The van der Waals surface area contributed by atoms with E-state index in [1.54, 1.807) is 6.07 Å². The SMILES string of the molecule is Cc1ccc(F)c(NCCCC(C)C)c1. The van der Waals surface area contributed by atoms with E-state index in [0.717, 1.165) is 18.5 Å². The van der Waals surface area contributed by atoms with Crippen molar-refractivity contribution in [3.05, 3.63) is 29.6 Å². The molecule has 0 bridgehead atoms. The van der Waals surface area contributed by atoms with Crippen LogP contribution >= 0.6 is 0 Å². The minimum atomic E-state index is -0.162. The molecule has 0 unspecified atom stereocenters. The summed E-state index contributed by atoms with van der Waals surface area (Å²) in [5.41, 5.74) is 1.71. The summed E-state index contributed by atoms with van der Waals surface area (Å²) in [6.07, 6.45) is 2.27. The van der Waals surface area contributed by atoms with Gasteiger partial charge in [-0.2, -0.15) is 0 Å². The van der Waals surface area contributed by atoms with E-state index in [1.165, 1.54) is 12.5 Å². The van der Waals surface area contributed by atoms with Crippen molar-refractivity contribution in [1.29, 1.82) is 0 Å². The summed E-state index contributed by atoms with van der Waals surface area (Å²) in [5, 5.41) is 3.13. The third-order valence-electron chi connectivity index (χ3n) is 2.40. The summed E-state index contributed by atoms with van der Waals surface area (Å²) in [4.78, 5) is 0. The second-order valence-electron chi connectivity index (χ2n) is 4.45. The van der Waals surface area contributed by atoms with E-state index in [0.29, 0.717) is 11.6 Å². The summed E-state index contributed by atoms with van der Waals surface area (Å²) in [5.74, 6) is 0.555. The van der Waals surface area contributed by atoms with E-state index in [2.05, 4.69) is 19.2 Å². The molecule has 0 amide bonds. The molecule has 0 aliphatic heterocycles. The van der Waals surface area contributed by atoms with Gasteiger partial charge in [0, 0.05) is 6.54 Å². The van der Waals surface area contributed by atoms with E-state index in [-0.39, 0.29) is 5.82 Å². The van der Waals surface area contributed by atoms with Gasteiger partial charge in [0.1, 0.15) is 5.82 Å². The van der Waals surface area contributed by atoms with Crippen LogP contribution in [-0.4, -0.2) is 6.54 Å². The molecule has 1 nitrogen and oxygen atoms in total. The van der Waals surface area contributed by atoms with Crippen LogP contribution < -0.4 is 5.32 Å². The van der Waals surface area contributed by atoms with Crippen molar-refractivity contribution in [2.24, 2.45) is 5.92 Å². The fraction of sp³-hybridized carbons (Fsp3) is 0.538. The molecule has 0 saturated heterocycles. The minimum absolute atomic E-state index is 0.162. The molecule has 0 aliphatic rings. The Kier molecular flexibility index (Phi) is 4.60. The number of aryl methyl sites for hydroxylation is 1. The van der Waals surface area contributed by atoms with Crippen LogP contribution in [0, 0.1) is 18.7 Å². The van der Waals surface area contributed by atoms with Crippen molar-refractivity contribution in [2.75, 3.05) is 11.9 Å². The number of hydrogen-bond acceptors (Lipinski definition) is 1. The fourth-order valence-electron chi connectivity index (χ4n) is 1.51. The highest BCUT2D eigenvalue weighted by atomic mass is 19.1. The van der Waals surface area contributed by atoms with Crippen LogP contribution in [0.2, 0.25) is 0 Å². The molecule has 0 spiro atoms. The van der Waals surface area contributed by atoms with Gasteiger partial charge in [-0.3, -0.25) is 0 Å². The molecule has 0 fully saturated rings. The van der Waals surface area contributed by atoms with Gasteiger partial charge in [0.25, 0.3) is 0 Å². The molecule has 0 aliphatic carbocycles. The van der Waals surface area contributed by atoms with Crippen LogP contribution in [0.3, 0.4) is 0 Å². The Hall–Kier alpha value is -1.05. The highest BCUT2D eigenvalue weighted by Gasteiger charge is 2.01. The van der Waals surface area contributed by atoms with Gasteiger partial charge in [-0.1, -0.05) is 19.9 Å². The Bertz CT molecular complexity index is 307. The van der Waals surface area contributed by atoms with Crippen molar-refractivity contribution in [2.45, 2.75) is 33.6 Å². The maximum absolute atomic E-state index is 13.3. The molecule has 0 radical (unpaired) electrons. The van der Waals surface area contributed by atoms with Crippen molar-refractivity contribution in [3.63, 3.8) is 0 Å². The summed E-state index contributed by atoms with van der Waals surface area (Å²) < 4.78 is 13.3. The molecular formula is C13H20FN. The highest BCUT2D eigenvalue weighted by molar-refractivity contribution is 5.46. The Morgan fingerprint density at radius 2 is 2.07 bits per heavy atom. The van der Waals surface area contributed by atoms with Crippen molar-refractivity contribution in [1.82, 2.24) is 0 Å². The van der Waals surface area contributed by atoms with E-state index >= 15 is 0 Å². The van der Waals surface area contributed by atoms with Crippen LogP contribution in [0.4, 0.5) is 10.1 Å². The van der Waals surface area contributed by atoms with E-state index < -0.39 is 0 Å². The Balaban J connectivity index is 2.40. The van der Waals surface area contributed by atoms with Crippen LogP contribution in [0.25, 0.3) is 0 Å². The van der Waals surface area contributed by atoms with Gasteiger partial charge >= 0.3 is 0 Å². The van der Waals surface area contributed by atoms with Gasteiger partial charge in [-0.05, 0) is 43.4 Å². The quantitative estimate of drug-likeness (QED) is 0.723. The summed E-state index contributed by atoms with van der Waals surface area (Å²) in [6, 6.07) is 5.15. The predicted octanol–water partition coefficient (Wildman–Crippen LogP) is 3.98. The van der Waals surface area contributed by atoms with Gasteiger partial charge in [0.05, 0.1) is 5.69 Å². The molecular weight excluding hydrogens is 189 g/mol. The lowest BCUT2D eigenvalue weighted by atomic mass is 10.1. The lowest BCUT2D eigenvalue weighted by Crippen LogP contribution is -2.04. The van der Waals surface area contributed by atoms with Crippen LogP contribution in [-0.2, 0) is 0 Å². The van der Waals surface area contributed by atoms with Crippen LogP contribution in [0.1, 0.15) is 32.3 Å². The highest BCUT2D eigenvalue weighted by Crippen LogP contribution is 2.15. The zero-order chi connectivity index (χ0) is 11.3. The Labute approximate surface area is 91.7 Å². The second kappa shape index (κ2) is 5.74. The topological polar surface area (TPSA) is 12.0 Å². The Morgan fingerprint density at radius 3 is 2.73 bits per heavy atom. The van der Waals surface area contributed by atoms with Gasteiger partial charge < -0.3 is 5.32 Å². The molecule has 1 aromatic carbocycles. The number of hydrogen-bond donors (Lipinski definition) is 1. The van der Waals surface area contributed by atoms with Crippen molar-refractivity contribution < 1.29 is 4.39 Å². The third kappa shape index (κ3) is 4.32. The maximum atomic E-state index is 13.3. The monoisotopic (exact) mass is 209 g/mol. The smallest absolute Gasteiger partial charge is 0.146 e. The zero-order valence-electron chi connectivity index (χ0n) is 9.81. The molecule has 1 rings (SSSR count). The molecule has 2 heteroatoms. The van der Waals surface area contributed by atoms with Gasteiger partial charge in [-0.15, -0.1) is 0 Å². The summed E-state index contributed by atoms with van der Waals surface area (Å²) in [6.45, 7) is 7.22. The average Bonchev–Trinajstić information content (AvgIpc) is 2.17. The van der Waals surface area contributed by atoms with Crippen molar-refractivity contribution in [3.8, 4) is 0 Å². The Morgan fingerprint density at radius 1 is 1.33 bits per heavy atom. The maximum Gasteiger partial charge on any atom is 0.146 e. The molecule has 1 N–H and O–H groups in total. The molecule has 0 heterocycles. The predicted molar refractivity (Wildman–Crippen MR) is 63.7 cm³/mol. The second-order valence-corrected chi connectivity index (χ2v) is 4.45. The normalized spacial score (nSPS) is 10.7. The average molecular weight is 209 g/mol. The summed E-state index contributed by atoms with van der Waals surface area (Å²) >= 11 is 0. The first-order valence-corrected chi connectivity index (χ1v) is 5.59. The van der Waals surface area contributed by atoms with E-state index in [9.17, 15) is 4.39 Å². The number of rotatable bonds is 5. The summed E-state index contributed by atoms with van der Waals surface area (Å²) in [7, 11) is 0.